The summed E-state index contributed by atoms with van der Waals surface area (Å²) >= 11 is 0. The van der Waals surface area contributed by atoms with E-state index in [1.807, 2.05) is 53.4 Å². The van der Waals surface area contributed by atoms with E-state index >= 15 is 0 Å². The van der Waals surface area contributed by atoms with Gasteiger partial charge in [0.05, 0.1) is 5.69 Å². The lowest BCUT2D eigenvalue weighted by Gasteiger charge is -2.24. The van der Waals surface area contributed by atoms with Gasteiger partial charge in [0.1, 0.15) is 0 Å². The summed E-state index contributed by atoms with van der Waals surface area (Å²) in [4.78, 5) is 13.8. The number of ketones is 1. The van der Waals surface area contributed by atoms with Crippen molar-refractivity contribution in [3.8, 4) is 5.69 Å². The van der Waals surface area contributed by atoms with Crippen LogP contribution in [0.25, 0.3) is 16.5 Å². The SMILES string of the molecule is O=C(CC(Cc1cccc2ccccc12)C1Cc2ccccc2C1)c1ccccc1-n1cccc1. The number of benzene rings is 4. The molecule has 1 unspecified atom stereocenters. The second-order valence-electron chi connectivity index (χ2n) is 9.77. The van der Waals surface area contributed by atoms with Gasteiger partial charge in [-0.3, -0.25) is 4.79 Å². The highest BCUT2D eigenvalue weighted by Gasteiger charge is 2.31. The van der Waals surface area contributed by atoms with E-state index in [0.717, 1.165) is 30.5 Å². The molecule has 6 rings (SSSR count). The van der Waals surface area contributed by atoms with Crippen molar-refractivity contribution in [2.75, 3.05) is 0 Å². The van der Waals surface area contributed by atoms with Crippen LogP contribution < -0.4 is 0 Å². The Morgan fingerprint density at radius 1 is 0.743 bits per heavy atom. The Labute approximate surface area is 206 Å². The molecule has 0 bridgehead atoms. The van der Waals surface area contributed by atoms with Crippen LogP contribution >= 0.6 is 0 Å². The Kier molecular flexibility index (Phi) is 5.79. The van der Waals surface area contributed by atoms with Crippen LogP contribution in [0.5, 0.6) is 0 Å². The lowest BCUT2D eigenvalue weighted by Crippen LogP contribution is -2.22. The summed E-state index contributed by atoms with van der Waals surface area (Å²) in [7, 11) is 0. The molecule has 0 radical (unpaired) electrons. The molecule has 0 fully saturated rings. The van der Waals surface area contributed by atoms with E-state index in [0.29, 0.717) is 12.3 Å². The van der Waals surface area contributed by atoms with E-state index in [1.54, 1.807) is 0 Å². The number of Topliss-reactive ketones (excluding diaryl/α,β-unsaturated/α-hetero) is 1. The number of rotatable bonds is 7. The zero-order chi connectivity index (χ0) is 23.6. The van der Waals surface area contributed by atoms with Gasteiger partial charge in [-0.2, -0.15) is 0 Å². The van der Waals surface area contributed by atoms with Gasteiger partial charge in [-0.15, -0.1) is 0 Å². The molecule has 1 heterocycles. The average Bonchev–Trinajstić information content (AvgIpc) is 3.59. The van der Waals surface area contributed by atoms with Gasteiger partial charge in [-0.25, -0.2) is 0 Å². The van der Waals surface area contributed by atoms with Crippen molar-refractivity contribution >= 4 is 16.6 Å². The number of carbonyl (C=O) groups is 1. The molecule has 0 saturated heterocycles. The number of nitrogens with zero attached hydrogens (tertiary/aromatic N) is 1. The topological polar surface area (TPSA) is 22.0 Å². The fourth-order valence-corrected chi connectivity index (χ4v) is 5.86. The number of carbonyl (C=O) groups excluding carboxylic acids is 1. The average molecular weight is 456 g/mol. The van der Waals surface area contributed by atoms with E-state index in [1.165, 1.54) is 27.5 Å². The Balaban J connectivity index is 1.34. The highest BCUT2D eigenvalue weighted by atomic mass is 16.1. The largest absolute Gasteiger partial charge is 0.323 e. The molecule has 1 aliphatic carbocycles. The van der Waals surface area contributed by atoms with Gasteiger partial charge in [0, 0.05) is 24.4 Å². The van der Waals surface area contributed by atoms with Gasteiger partial charge < -0.3 is 4.57 Å². The van der Waals surface area contributed by atoms with Crippen LogP contribution in [0.3, 0.4) is 0 Å². The molecule has 0 N–H and O–H groups in total. The summed E-state index contributed by atoms with van der Waals surface area (Å²) in [6.45, 7) is 0. The molecule has 172 valence electrons. The minimum Gasteiger partial charge on any atom is -0.323 e. The monoisotopic (exact) mass is 455 g/mol. The summed E-state index contributed by atoms with van der Waals surface area (Å²) in [5.74, 6) is 0.975. The van der Waals surface area contributed by atoms with Crippen molar-refractivity contribution in [2.24, 2.45) is 11.8 Å². The third-order valence-corrected chi connectivity index (χ3v) is 7.65. The Bertz CT molecular complexity index is 1450. The molecule has 4 aromatic carbocycles. The van der Waals surface area contributed by atoms with E-state index in [2.05, 4.69) is 66.7 Å². The second kappa shape index (κ2) is 9.38. The first kappa shape index (κ1) is 21.6. The van der Waals surface area contributed by atoms with Crippen molar-refractivity contribution in [3.05, 3.63) is 138 Å². The summed E-state index contributed by atoms with van der Waals surface area (Å²) in [6.07, 6.45) is 7.59. The zero-order valence-electron chi connectivity index (χ0n) is 19.8. The van der Waals surface area contributed by atoms with Gasteiger partial charge in [0.25, 0.3) is 0 Å². The van der Waals surface area contributed by atoms with Gasteiger partial charge in [-0.05, 0) is 82.8 Å². The lowest BCUT2D eigenvalue weighted by molar-refractivity contribution is 0.0944. The highest BCUT2D eigenvalue weighted by molar-refractivity contribution is 5.99. The first-order valence-corrected chi connectivity index (χ1v) is 12.6. The third-order valence-electron chi connectivity index (χ3n) is 7.65. The van der Waals surface area contributed by atoms with Crippen LogP contribution in [-0.2, 0) is 19.3 Å². The van der Waals surface area contributed by atoms with Crippen molar-refractivity contribution in [1.29, 1.82) is 0 Å². The predicted molar refractivity (Wildman–Crippen MR) is 143 cm³/mol. The van der Waals surface area contributed by atoms with Crippen LogP contribution in [0.1, 0.15) is 33.5 Å². The van der Waals surface area contributed by atoms with E-state index in [4.69, 9.17) is 0 Å². The minimum absolute atomic E-state index is 0.232. The van der Waals surface area contributed by atoms with Crippen molar-refractivity contribution < 1.29 is 4.79 Å². The van der Waals surface area contributed by atoms with Crippen molar-refractivity contribution in [2.45, 2.75) is 25.7 Å². The maximum Gasteiger partial charge on any atom is 0.165 e. The van der Waals surface area contributed by atoms with Crippen LogP contribution in [0.2, 0.25) is 0 Å². The normalized spacial score (nSPS) is 14.2. The third kappa shape index (κ3) is 4.33. The van der Waals surface area contributed by atoms with E-state index < -0.39 is 0 Å². The quantitative estimate of drug-likeness (QED) is 0.233. The summed E-state index contributed by atoms with van der Waals surface area (Å²) in [5.41, 5.74) is 6.00. The minimum atomic E-state index is 0.232. The molecule has 0 spiro atoms. The van der Waals surface area contributed by atoms with Gasteiger partial charge >= 0.3 is 0 Å². The number of fused-ring (bicyclic) bond motifs is 2. The first-order valence-electron chi connectivity index (χ1n) is 12.6. The molecule has 1 aliphatic rings. The molecular formula is C33H29NO. The first-order chi connectivity index (χ1) is 17.3. The van der Waals surface area contributed by atoms with Crippen molar-refractivity contribution in [3.63, 3.8) is 0 Å². The Morgan fingerprint density at radius 2 is 1.40 bits per heavy atom. The molecule has 1 atom stereocenters. The fourth-order valence-electron chi connectivity index (χ4n) is 5.86. The summed E-state index contributed by atoms with van der Waals surface area (Å²) < 4.78 is 2.04. The molecule has 35 heavy (non-hydrogen) atoms. The predicted octanol–water partition coefficient (Wildman–Crippen LogP) is 7.48. The number of para-hydroxylation sites is 1. The number of hydrogen-bond acceptors (Lipinski definition) is 1. The molecule has 2 nitrogen and oxygen atoms in total. The highest BCUT2D eigenvalue weighted by Crippen LogP contribution is 2.37. The van der Waals surface area contributed by atoms with Crippen LogP contribution in [0.15, 0.2) is 116 Å². The molecule has 1 aromatic heterocycles. The lowest BCUT2D eigenvalue weighted by atomic mass is 9.79. The molecular weight excluding hydrogens is 426 g/mol. The van der Waals surface area contributed by atoms with Gasteiger partial charge in [-0.1, -0.05) is 78.9 Å². The van der Waals surface area contributed by atoms with Crippen molar-refractivity contribution in [1.82, 2.24) is 4.57 Å². The fraction of sp³-hybridized carbons (Fsp3) is 0.182. The summed E-state index contributed by atoms with van der Waals surface area (Å²) in [6, 6.07) is 36.0. The van der Waals surface area contributed by atoms with Crippen LogP contribution in [0.4, 0.5) is 0 Å². The molecule has 5 aromatic rings. The maximum atomic E-state index is 13.8. The Hall–Kier alpha value is -3.91. The van der Waals surface area contributed by atoms with Gasteiger partial charge in [0.15, 0.2) is 5.78 Å². The maximum absolute atomic E-state index is 13.8. The molecule has 2 heteroatoms. The number of hydrogen-bond donors (Lipinski definition) is 0. The Morgan fingerprint density at radius 3 is 2.20 bits per heavy atom. The van der Waals surface area contributed by atoms with Gasteiger partial charge in [0.2, 0.25) is 0 Å². The second-order valence-corrected chi connectivity index (χ2v) is 9.77. The molecule has 0 amide bonds. The van der Waals surface area contributed by atoms with E-state index in [-0.39, 0.29) is 11.7 Å². The molecule has 0 aliphatic heterocycles. The standard InChI is InChI=1S/C33H29NO/c35-33(31-16-5-6-17-32(31)34-18-7-8-19-34)23-29(28-20-25-11-1-2-12-26(25)21-28)22-27-14-9-13-24-10-3-4-15-30(24)27/h1-19,28-29H,20-23H2. The van der Waals surface area contributed by atoms with Crippen LogP contribution in [-0.4, -0.2) is 10.4 Å². The zero-order valence-corrected chi connectivity index (χ0v) is 19.8. The van der Waals surface area contributed by atoms with E-state index in [9.17, 15) is 4.79 Å². The van der Waals surface area contributed by atoms with Crippen LogP contribution in [0, 0.1) is 11.8 Å². The number of aromatic nitrogens is 1. The smallest absolute Gasteiger partial charge is 0.165 e. The summed E-state index contributed by atoms with van der Waals surface area (Å²) in [5, 5.41) is 2.57. The molecule has 0 saturated carbocycles.